The molecule has 0 aliphatic rings. The number of halogens is 1. The molecule has 0 fully saturated rings. The van der Waals surface area contributed by atoms with E-state index in [1.54, 1.807) is 11.4 Å². The second-order valence-corrected chi connectivity index (χ2v) is 6.99. The second kappa shape index (κ2) is 5.24. The standard InChI is InChI=1S/C10H10BrN3OS2/c1-5(2)9-13-14-10(17-9)12-8(15)6-3-7(11)16-4-6/h3-5H,1-2H3,(H,12,14,15). The molecule has 0 atom stereocenters. The molecule has 0 aromatic carbocycles. The number of aromatic nitrogens is 2. The van der Waals surface area contributed by atoms with Crippen LogP contribution in [0.1, 0.15) is 35.1 Å². The van der Waals surface area contributed by atoms with E-state index in [0.717, 1.165) is 8.79 Å². The number of anilines is 1. The van der Waals surface area contributed by atoms with Gasteiger partial charge in [-0.15, -0.1) is 21.5 Å². The number of amides is 1. The molecule has 0 saturated carbocycles. The topological polar surface area (TPSA) is 54.9 Å². The van der Waals surface area contributed by atoms with Crippen molar-refractivity contribution >= 4 is 49.6 Å². The van der Waals surface area contributed by atoms with E-state index in [1.807, 2.05) is 13.8 Å². The van der Waals surface area contributed by atoms with Crippen molar-refractivity contribution in [1.82, 2.24) is 10.2 Å². The predicted octanol–water partition coefficient (Wildman–Crippen LogP) is 3.74. The first-order chi connectivity index (χ1) is 8.06. The molecular weight excluding hydrogens is 322 g/mol. The highest BCUT2D eigenvalue weighted by Gasteiger charge is 2.12. The Morgan fingerprint density at radius 3 is 2.76 bits per heavy atom. The highest BCUT2D eigenvalue weighted by Crippen LogP contribution is 2.24. The molecule has 7 heteroatoms. The molecule has 90 valence electrons. The summed E-state index contributed by atoms with van der Waals surface area (Å²) in [5, 5.41) is 14.0. The van der Waals surface area contributed by atoms with Gasteiger partial charge in [-0.05, 0) is 22.0 Å². The van der Waals surface area contributed by atoms with E-state index >= 15 is 0 Å². The van der Waals surface area contributed by atoms with Gasteiger partial charge >= 0.3 is 0 Å². The summed E-state index contributed by atoms with van der Waals surface area (Å²) in [6.07, 6.45) is 0. The Hall–Kier alpha value is -0.790. The summed E-state index contributed by atoms with van der Waals surface area (Å²) in [6.45, 7) is 4.09. The Morgan fingerprint density at radius 2 is 2.24 bits per heavy atom. The maximum Gasteiger partial charge on any atom is 0.258 e. The molecule has 17 heavy (non-hydrogen) atoms. The number of rotatable bonds is 3. The average Bonchev–Trinajstić information content (AvgIpc) is 2.86. The average molecular weight is 332 g/mol. The van der Waals surface area contributed by atoms with Gasteiger partial charge in [0.05, 0.1) is 9.35 Å². The lowest BCUT2D eigenvalue weighted by Crippen LogP contribution is -2.10. The van der Waals surface area contributed by atoms with Gasteiger partial charge in [-0.2, -0.15) is 0 Å². The summed E-state index contributed by atoms with van der Waals surface area (Å²) in [6, 6.07) is 1.78. The smallest absolute Gasteiger partial charge is 0.258 e. The Balaban J connectivity index is 2.07. The zero-order valence-electron chi connectivity index (χ0n) is 9.23. The highest BCUT2D eigenvalue weighted by molar-refractivity contribution is 9.11. The minimum absolute atomic E-state index is 0.154. The molecular formula is C10H10BrN3OS2. The predicted molar refractivity (Wildman–Crippen MR) is 74.0 cm³/mol. The summed E-state index contributed by atoms with van der Waals surface area (Å²) in [4.78, 5) is 11.8. The Morgan fingerprint density at radius 1 is 1.47 bits per heavy atom. The fourth-order valence-electron chi connectivity index (χ4n) is 1.12. The Labute approximate surface area is 115 Å². The van der Waals surface area contributed by atoms with Crippen LogP contribution in [0.5, 0.6) is 0 Å². The van der Waals surface area contributed by atoms with E-state index in [4.69, 9.17) is 0 Å². The van der Waals surface area contributed by atoms with Crippen LogP contribution < -0.4 is 5.32 Å². The van der Waals surface area contributed by atoms with Crippen molar-refractivity contribution in [1.29, 1.82) is 0 Å². The monoisotopic (exact) mass is 331 g/mol. The summed E-state index contributed by atoms with van der Waals surface area (Å²) < 4.78 is 0.933. The van der Waals surface area contributed by atoms with Gasteiger partial charge in [0, 0.05) is 11.3 Å². The summed E-state index contributed by atoms with van der Waals surface area (Å²) in [5.74, 6) is 0.173. The third-order valence-corrected chi connectivity index (χ3v) is 4.63. The largest absolute Gasteiger partial charge is 0.296 e. The lowest BCUT2D eigenvalue weighted by Gasteiger charge is -1.97. The normalized spacial score (nSPS) is 10.8. The van der Waals surface area contributed by atoms with Crippen LogP contribution in [0.15, 0.2) is 15.2 Å². The molecule has 0 saturated heterocycles. The number of hydrogen-bond donors (Lipinski definition) is 1. The van der Waals surface area contributed by atoms with Crippen LogP contribution in [0.4, 0.5) is 5.13 Å². The fraction of sp³-hybridized carbons (Fsp3) is 0.300. The van der Waals surface area contributed by atoms with Crippen LogP contribution >= 0.6 is 38.6 Å². The lowest BCUT2D eigenvalue weighted by molar-refractivity contribution is 0.102. The molecule has 0 bridgehead atoms. The van der Waals surface area contributed by atoms with E-state index in [0.29, 0.717) is 16.6 Å². The summed E-state index contributed by atoms with van der Waals surface area (Å²) in [5.41, 5.74) is 0.628. The van der Waals surface area contributed by atoms with Crippen LogP contribution in [0.2, 0.25) is 0 Å². The van der Waals surface area contributed by atoms with Gasteiger partial charge in [-0.25, -0.2) is 0 Å². The second-order valence-electron chi connectivity index (χ2n) is 3.69. The van der Waals surface area contributed by atoms with Crippen molar-refractivity contribution < 1.29 is 4.79 Å². The van der Waals surface area contributed by atoms with Crippen LogP contribution in [0.25, 0.3) is 0 Å². The molecule has 2 heterocycles. The number of carbonyl (C=O) groups excluding carboxylic acids is 1. The number of nitrogens with one attached hydrogen (secondary N) is 1. The minimum Gasteiger partial charge on any atom is -0.296 e. The molecule has 0 aliphatic carbocycles. The zero-order chi connectivity index (χ0) is 12.4. The number of thiophene rings is 1. The molecule has 1 N–H and O–H groups in total. The SMILES string of the molecule is CC(C)c1nnc(NC(=O)c2csc(Br)c2)s1. The first-order valence-corrected chi connectivity index (χ1v) is 7.44. The molecule has 0 aliphatic heterocycles. The number of hydrogen-bond acceptors (Lipinski definition) is 5. The maximum atomic E-state index is 11.8. The molecule has 2 rings (SSSR count). The van der Waals surface area contributed by atoms with Crippen molar-refractivity contribution in [3.05, 3.63) is 25.8 Å². The number of nitrogens with zero attached hydrogens (tertiary/aromatic N) is 2. The highest BCUT2D eigenvalue weighted by atomic mass is 79.9. The zero-order valence-corrected chi connectivity index (χ0v) is 12.4. The Kier molecular flexibility index (Phi) is 3.90. The van der Waals surface area contributed by atoms with E-state index in [-0.39, 0.29) is 5.91 Å². The van der Waals surface area contributed by atoms with Crippen LogP contribution in [0.3, 0.4) is 0 Å². The molecule has 2 aromatic heterocycles. The molecule has 4 nitrogen and oxygen atoms in total. The minimum atomic E-state index is -0.154. The molecule has 0 unspecified atom stereocenters. The van der Waals surface area contributed by atoms with Gasteiger partial charge in [-0.3, -0.25) is 10.1 Å². The Bertz CT molecular complexity index is 535. The fourth-order valence-corrected chi connectivity index (χ4v) is 2.99. The van der Waals surface area contributed by atoms with Gasteiger partial charge in [0.1, 0.15) is 5.01 Å². The third kappa shape index (κ3) is 3.11. The van der Waals surface area contributed by atoms with Crippen molar-refractivity contribution in [3.63, 3.8) is 0 Å². The van der Waals surface area contributed by atoms with Gasteiger partial charge < -0.3 is 0 Å². The van der Waals surface area contributed by atoms with Gasteiger partial charge in [0.2, 0.25) is 5.13 Å². The van der Waals surface area contributed by atoms with Gasteiger partial charge in [0.25, 0.3) is 5.91 Å². The quantitative estimate of drug-likeness (QED) is 0.932. The van der Waals surface area contributed by atoms with Crippen LogP contribution in [0, 0.1) is 0 Å². The van der Waals surface area contributed by atoms with Crippen molar-refractivity contribution in [2.45, 2.75) is 19.8 Å². The van der Waals surface area contributed by atoms with Crippen molar-refractivity contribution in [2.75, 3.05) is 5.32 Å². The molecule has 2 aromatic rings. The first kappa shape index (κ1) is 12.7. The lowest BCUT2D eigenvalue weighted by atomic mass is 10.2. The molecule has 0 radical (unpaired) electrons. The number of carbonyl (C=O) groups is 1. The van der Waals surface area contributed by atoms with Gasteiger partial charge in [0.15, 0.2) is 0 Å². The molecule has 0 spiro atoms. The van der Waals surface area contributed by atoms with Crippen molar-refractivity contribution in [2.24, 2.45) is 0 Å². The van der Waals surface area contributed by atoms with Gasteiger partial charge in [-0.1, -0.05) is 25.2 Å². The third-order valence-electron chi connectivity index (χ3n) is 1.98. The van der Waals surface area contributed by atoms with Crippen LogP contribution in [-0.2, 0) is 0 Å². The first-order valence-electron chi connectivity index (χ1n) is 4.95. The summed E-state index contributed by atoms with van der Waals surface area (Å²) >= 11 is 6.21. The maximum absolute atomic E-state index is 11.8. The van der Waals surface area contributed by atoms with E-state index < -0.39 is 0 Å². The van der Waals surface area contributed by atoms with E-state index in [2.05, 4.69) is 31.4 Å². The van der Waals surface area contributed by atoms with E-state index in [9.17, 15) is 4.79 Å². The van der Waals surface area contributed by atoms with E-state index in [1.165, 1.54) is 22.7 Å². The molecule has 1 amide bonds. The van der Waals surface area contributed by atoms with Crippen molar-refractivity contribution in [3.8, 4) is 0 Å². The summed E-state index contributed by atoms with van der Waals surface area (Å²) in [7, 11) is 0. The van der Waals surface area contributed by atoms with Crippen LogP contribution in [-0.4, -0.2) is 16.1 Å².